The van der Waals surface area contributed by atoms with E-state index in [-0.39, 0.29) is 29.7 Å². The summed E-state index contributed by atoms with van der Waals surface area (Å²) >= 11 is 0. The highest BCUT2D eigenvalue weighted by Crippen LogP contribution is 2.26. The minimum atomic E-state index is 0. The molecule has 0 bridgehead atoms. The molecule has 0 saturated heterocycles. The maximum atomic E-state index is 9.61. The summed E-state index contributed by atoms with van der Waals surface area (Å²) in [5.74, 6) is 1.56. The molecule has 138 valence electrons. The van der Waals surface area contributed by atoms with Crippen LogP contribution in [0, 0.1) is 0 Å². The van der Waals surface area contributed by atoms with Crippen LogP contribution < -0.4 is 15.4 Å². The summed E-state index contributed by atoms with van der Waals surface area (Å²) in [4.78, 5) is 4.59. The van der Waals surface area contributed by atoms with Crippen molar-refractivity contribution < 1.29 is 9.84 Å². The lowest BCUT2D eigenvalue weighted by molar-refractivity contribution is 0.373. The second kappa shape index (κ2) is 14.2. The first kappa shape index (κ1) is 22.8. The van der Waals surface area contributed by atoms with Gasteiger partial charge < -0.3 is 20.5 Å². The van der Waals surface area contributed by atoms with Crippen molar-refractivity contribution in [1.29, 1.82) is 0 Å². The lowest BCUT2D eigenvalue weighted by atomic mass is 10.1. The molecule has 0 unspecified atom stereocenters. The van der Waals surface area contributed by atoms with E-state index in [1.165, 1.54) is 19.3 Å². The quantitative estimate of drug-likeness (QED) is 0.221. The van der Waals surface area contributed by atoms with E-state index in [1.54, 1.807) is 13.2 Å². The number of nitrogens with zero attached hydrogens (tertiary/aromatic N) is 1. The van der Waals surface area contributed by atoms with Gasteiger partial charge in [-0.05, 0) is 37.5 Å². The first-order chi connectivity index (χ1) is 11.2. The molecule has 0 radical (unpaired) electrons. The van der Waals surface area contributed by atoms with Gasteiger partial charge in [-0.1, -0.05) is 32.3 Å². The van der Waals surface area contributed by atoms with Gasteiger partial charge in [0, 0.05) is 19.6 Å². The van der Waals surface area contributed by atoms with Crippen LogP contribution in [0.25, 0.3) is 0 Å². The summed E-state index contributed by atoms with van der Waals surface area (Å²) in [6.45, 7) is 6.79. The smallest absolute Gasteiger partial charge is 0.191 e. The van der Waals surface area contributed by atoms with E-state index >= 15 is 0 Å². The molecule has 0 aliphatic carbocycles. The monoisotopic (exact) mass is 449 g/mol. The van der Waals surface area contributed by atoms with E-state index in [1.807, 2.05) is 12.1 Å². The van der Waals surface area contributed by atoms with Crippen LogP contribution in [0.1, 0.15) is 45.1 Å². The van der Waals surface area contributed by atoms with Gasteiger partial charge in [0.2, 0.25) is 0 Å². The molecule has 0 aliphatic rings. The third-order valence-corrected chi connectivity index (χ3v) is 3.58. The second-order valence-electron chi connectivity index (χ2n) is 5.50. The van der Waals surface area contributed by atoms with Gasteiger partial charge in [0.1, 0.15) is 0 Å². The number of ether oxygens (including phenoxy) is 1. The Morgan fingerprint density at radius 3 is 2.62 bits per heavy atom. The normalized spacial score (nSPS) is 10.9. The number of unbranched alkanes of at least 4 members (excludes halogenated alkanes) is 3. The van der Waals surface area contributed by atoms with Gasteiger partial charge in [-0.25, -0.2) is 0 Å². The van der Waals surface area contributed by atoms with Crippen molar-refractivity contribution >= 4 is 29.9 Å². The summed E-state index contributed by atoms with van der Waals surface area (Å²) in [5.41, 5.74) is 1.12. The summed E-state index contributed by atoms with van der Waals surface area (Å²) in [6.07, 6.45) is 5.75. The number of hydrogen-bond acceptors (Lipinski definition) is 3. The highest BCUT2D eigenvalue weighted by atomic mass is 127. The molecule has 0 atom stereocenters. The molecule has 0 fully saturated rings. The number of phenols is 1. The molecule has 3 N–H and O–H groups in total. The maximum Gasteiger partial charge on any atom is 0.191 e. The van der Waals surface area contributed by atoms with Crippen molar-refractivity contribution in [2.24, 2.45) is 4.99 Å². The number of halogens is 1. The SMILES string of the molecule is CCCCCCN=C(NCC)NCCc1ccc(O)c(OC)c1.I. The van der Waals surface area contributed by atoms with E-state index in [2.05, 4.69) is 29.5 Å². The zero-order valence-electron chi connectivity index (χ0n) is 15.1. The fraction of sp³-hybridized carbons (Fsp3) is 0.611. The number of aromatic hydroxyl groups is 1. The molecule has 6 heteroatoms. The average molecular weight is 449 g/mol. The van der Waals surface area contributed by atoms with Crippen LogP contribution in [0.2, 0.25) is 0 Å². The third-order valence-electron chi connectivity index (χ3n) is 3.58. The summed E-state index contributed by atoms with van der Waals surface area (Å²) < 4.78 is 5.13. The van der Waals surface area contributed by atoms with E-state index < -0.39 is 0 Å². The van der Waals surface area contributed by atoms with E-state index in [0.717, 1.165) is 44.0 Å². The van der Waals surface area contributed by atoms with Crippen LogP contribution in [0.3, 0.4) is 0 Å². The van der Waals surface area contributed by atoms with Crippen molar-refractivity contribution in [1.82, 2.24) is 10.6 Å². The molecule has 0 amide bonds. The van der Waals surface area contributed by atoms with Crippen molar-refractivity contribution in [3.63, 3.8) is 0 Å². The molecule has 24 heavy (non-hydrogen) atoms. The molecule has 0 spiro atoms. The van der Waals surface area contributed by atoms with Crippen LogP contribution in [0.4, 0.5) is 0 Å². The first-order valence-corrected chi connectivity index (χ1v) is 8.59. The fourth-order valence-corrected chi connectivity index (χ4v) is 2.27. The van der Waals surface area contributed by atoms with Crippen molar-refractivity contribution in [3.8, 4) is 11.5 Å². The number of rotatable bonds is 10. The summed E-state index contributed by atoms with van der Waals surface area (Å²) in [6, 6.07) is 5.45. The molecule has 0 aromatic heterocycles. The van der Waals surface area contributed by atoms with E-state index in [4.69, 9.17) is 4.74 Å². The lowest BCUT2D eigenvalue weighted by Crippen LogP contribution is -2.38. The number of hydrogen-bond donors (Lipinski definition) is 3. The first-order valence-electron chi connectivity index (χ1n) is 8.59. The van der Waals surface area contributed by atoms with Crippen LogP contribution in [-0.4, -0.2) is 37.8 Å². The molecule has 5 nitrogen and oxygen atoms in total. The van der Waals surface area contributed by atoms with Gasteiger partial charge in [0.05, 0.1) is 7.11 Å². The Morgan fingerprint density at radius 2 is 1.96 bits per heavy atom. The minimum absolute atomic E-state index is 0. The predicted octanol–water partition coefficient (Wildman–Crippen LogP) is 3.70. The Bertz CT molecular complexity index is 481. The highest BCUT2D eigenvalue weighted by molar-refractivity contribution is 14.0. The Balaban J connectivity index is 0.00000529. The van der Waals surface area contributed by atoms with Crippen molar-refractivity contribution in [2.75, 3.05) is 26.7 Å². The minimum Gasteiger partial charge on any atom is -0.504 e. The Morgan fingerprint density at radius 1 is 1.17 bits per heavy atom. The molecule has 1 aromatic carbocycles. The second-order valence-corrected chi connectivity index (χ2v) is 5.50. The fourth-order valence-electron chi connectivity index (χ4n) is 2.27. The maximum absolute atomic E-state index is 9.61. The third kappa shape index (κ3) is 9.20. The van der Waals surface area contributed by atoms with Gasteiger partial charge in [0.25, 0.3) is 0 Å². The Kier molecular flexibility index (Phi) is 13.5. The predicted molar refractivity (Wildman–Crippen MR) is 112 cm³/mol. The molecule has 0 aliphatic heterocycles. The van der Waals surface area contributed by atoms with Crippen LogP contribution in [0.5, 0.6) is 11.5 Å². The number of phenolic OH excluding ortho intramolecular Hbond substituents is 1. The van der Waals surface area contributed by atoms with Gasteiger partial charge in [-0.2, -0.15) is 0 Å². The van der Waals surface area contributed by atoms with Gasteiger partial charge in [-0.15, -0.1) is 24.0 Å². The highest BCUT2D eigenvalue weighted by Gasteiger charge is 2.03. The summed E-state index contributed by atoms with van der Waals surface area (Å²) in [7, 11) is 1.56. The Hall–Kier alpha value is -1.18. The zero-order chi connectivity index (χ0) is 16.9. The molecular weight excluding hydrogens is 417 g/mol. The largest absolute Gasteiger partial charge is 0.504 e. The average Bonchev–Trinajstić information content (AvgIpc) is 2.56. The molecule has 1 aromatic rings. The van der Waals surface area contributed by atoms with E-state index in [9.17, 15) is 5.11 Å². The molecule has 1 rings (SSSR count). The van der Waals surface area contributed by atoms with E-state index in [0.29, 0.717) is 5.75 Å². The Labute approximate surface area is 163 Å². The van der Waals surface area contributed by atoms with Crippen LogP contribution in [-0.2, 0) is 6.42 Å². The molecular formula is C18H32IN3O2. The van der Waals surface area contributed by atoms with Crippen LogP contribution in [0.15, 0.2) is 23.2 Å². The number of guanidine groups is 1. The number of benzene rings is 1. The molecule has 0 heterocycles. The summed E-state index contributed by atoms with van der Waals surface area (Å²) in [5, 5.41) is 16.2. The number of methoxy groups -OCH3 is 1. The van der Waals surface area contributed by atoms with Gasteiger partial charge in [0.15, 0.2) is 17.5 Å². The lowest BCUT2D eigenvalue weighted by Gasteiger charge is -2.12. The van der Waals surface area contributed by atoms with Gasteiger partial charge >= 0.3 is 0 Å². The topological polar surface area (TPSA) is 65.9 Å². The van der Waals surface area contributed by atoms with Crippen molar-refractivity contribution in [3.05, 3.63) is 23.8 Å². The van der Waals surface area contributed by atoms with Crippen molar-refractivity contribution in [2.45, 2.75) is 46.0 Å². The number of aliphatic imine (C=N–C) groups is 1. The van der Waals surface area contributed by atoms with Crippen LogP contribution >= 0.6 is 24.0 Å². The molecule has 0 saturated carbocycles. The zero-order valence-corrected chi connectivity index (χ0v) is 17.4. The number of nitrogens with one attached hydrogen (secondary N) is 2. The van der Waals surface area contributed by atoms with Gasteiger partial charge in [-0.3, -0.25) is 4.99 Å². The standard InChI is InChI=1S/C18H31N3O2.HI/c1-4-6-7-8-12-20-18(19-5-2)21-13-11-15-9-10-16(22)17(14-15)23-3;/h9-10,14,22H,4-8,11-13H2,1-3H3,(H2,19,20,21);1H.